The lowest BCUT2D eigenvalue weighted by Crippen LogP contribution is -2.11. The topological polar surface area (TPSA) is 80.3 Å². The lowest BCUT2D eigenvalue weighted by Gasteiger charge is -2.11. The van der Waals surface area contributed by atoms with Crippen LogP contribution in [0.25, 0.3) is 17.0 Å². The third kappa shape index (κ3) is 4.86. The summed E-state index contributed by atoms with van der Waals surface area (Å²) in [5.74, 6) is -0.0783. The van der Waals surface area contributed by atoms with E-state index in [0.717, 1.165) is 10.9 Å². The number of methoxy groups -OCH3 is 1. The molecule has 0 radical (unpaired) electrons. The quantitative estimate of drug-likeness (QED) is 0.623. The van der Waals surface area contributed by atoms with Crippen molar-refractivity contribution in [3.8, 4) is 5.75 Å². The number of anilines is 2. The van der Waals surface area contributed by atoms with Crippen molar-refractivity contribution in [2.45, 2.75) is 6.92 Å². The second-order valence-electron chi connectivity index (χ2n) is 5.99. The van der Waals surface area contributed by atoms with Gasteiger partial charge in [0.15, 0.2) is 0 Å². The summed E-state index contributed by atoms with van der Waals surface area (Å²) in [6.45, 7) is 1.41. The molecule has 0 atom stereocenters. The van der Waals surface area contributed by atoms with E-state index in [4.69, 9.17) is 16.3 Å². The second-order valence-corrected chi connectivity index (χ2v) is 6.43. The molecule has 0 aliphatic rings. The van der Waals surface area contributed by atoms with E-state index < -0.39 is 0 Å². The molecule has 28 heavy (non-hydrogen) atoms. The Morgan fingerprint density at radius 3 is 2.61 bits per heavy atom. The van der Waals surface area contributed by atoms with Crippen LogP contribution in [-0.4, -0.2) is 23.9 Å². The molecular weight excluding hydrogens is 378 g/mol. The molecule has 3 aromatic rings. The summed E-state index contributed by atoms with van der Waals surface area (Å²) in [6.07, 6.45) is 2.99. The summed E-state index contributed by atoms with van der Waals surface area (Å²) < 4.78 is 5.25. The van der Waals surface area contributed by atoms with E-state index >= 15 is 0 Å². The maximum atomic E-state index is 12.3. The third-order valence-electron chi connectivity index (χ3n) is 3.86. The zero-order valence-corrected chi connectivity index (χ0v) is 16.1. The van der Waals surface area contributed by atoms with Crippen LogP contribution in [0.2, 0.25) is 5.02 Å². The average molecular weight is 396 g/mol. The van der Waals surface area contributed by atoms with E-state index in [-0.39, 0.29) is 11.8 Å². The number of amides is 2. The predicted octanol–water partition coefficient (Wildman–Crippen LogP) is 4.51. The minimum atomic E-state index is -0.355. The number of fused-ring (bicyclic) bond motifs is 1. The third-order valence-corrected chi connectivity index (χ3v) is 4.09. The monoisotopic (exact) mass is 395 g/mol. The SMILES string of the molecule is COc1ccc(NC(C)=O)cc1NC(=O)C=Cc1ccc2ccc(Cl)cc2n1. The van der Waals surface area contributed by atoms with E-state index in [0.29, 0.717) is 27.8 Å². The largest absolute Gasteiger partial charge is 0.495 e. The zero-order valence-electron chi connectivity index (χ0n) is 15.3. The molecule has 0 bridgehead atoms. The van der Waals surface area contributed by atoms with E-state index in [9.17, 15) is 9.59 Å². The van der Waals surface area contributed by atoms with Crippen molar-refractivity contribution in [1.82, 2.24) is 4.98 Å². The van der Waals surface area contributed by atoms with Crippen molar-refractivity contribution in [3.63, 3.8) is 0 Å². The van der Waals surface area contributed by atoms with Crippen molar-refractivity contribution in [2.75, 3.05) is 17.7 Å². The smallest absolute Gasteiger partial charge is 0.248 e. The number of halogens is 1. The van der Waals surface area contributed by atoms with Crippen LogP contribution in [0.5, 0.6) is 5.75 Å². The van der Waals surface area contributed by atoms with Gasteiger partial charge in [0.1, 0.15) is 5.75 Å². The van der Waals surface area contributed by atoms with E-state index in [1.807, 2.05) is 18.2 Å². The van der Waals surface area contributed by atoms with Gasteiger partial charge in [-0.05, 0) is 42.5 Å². The number of pyridine rings is 1. The Kier molecular flexibility index (Phi) is 5.91. The Labute approximate surface area is 167 Å². The van der Waals surface area contributed by atoms with Gasteiger partial charge in [-0.3, -0.25) is 9.59 Å². The summed E-state index contributed by atoms with van der Waals surface area (Å²) >= 11 is 6.00. The fraction of sp³-hybridized carbons (Fsp3) is 0.0952. The first-order valence-corrected chi connectivity index (χ1v) is 8.83. The van der Waals surface area contributed by atoms with Crippen LogP contribution < -0.4 is 15.4 Å². The highest BCUT2D eigenvalue weighted by Gasteiger charge is 2.08. The molecule has 6 nitrogen and oxygen atoms in total. The minimum absolute atomic E-state index is 0.204. The van der Waals surface area contributed by atoms with Gasteiger partial charge in [-0.25, -0.2) is 4.98 Å². The van der Waals surface area contributed by atoms with Crippen LogP contribution in [0.1, 0.15) is 12.6 Å². The summed E-state index contributed by atoms with van der Waals surface area (Å²) in [4.78, 5) is 28.0. The summed E-state index contributed by atoms with van der Waals surface area (Å²) in [5.41, 5.74) is 2.38. The lowest BCUT2D eigenvalue weighted by atomic mass is 10.2. The zero-order chi connectivity index (χ0) is 20.1. The van der Waals surface area contributed by atoms with Gasteiger partial charge in [-0.2, -0.15) is 0 Å². The number of ether oxygens (including phenoxy) is 1. The maximum absolute atomic E-state index is 12.3. The molecule has 3 rings (SSSR count). The molecule has 1 heterocycles. The first-order chi connectivity index (χ1) is 13.4. The average Bonchev–Trinajstić information content (AvgIpc) is 2.66. The lowest BCUT2D eigenvalue weighted by molar-refractivity contribution is -0.114. The molecule has 2 amide bonds. The molecule has 0 saturated carbocycles. The molecule has 2 aromatic carbocycles. The number of aromatic nitrogens is 1. The van der Waals surface area contributed by atoms with Crippen LogP contribution in [-0.2, 0) is 9.59 Å². The Bertz CT molecular complexity index is 1080. The van der Waals surface area contributed by atoms with Crippen molar-refractivity contribution < 1.29 is 14.3 Å². The molecule has 0 unspecified atom stereocenters. The number of carbonyl (C=O) groups is 2. The number of hydrogen-bond acceptors (Lipinski definition) is 4. The molecule has 7 heteroatoms. The van der Waals surface area contributed by atoms with E-state index in [2.05, 4.69) is 15.6 Å². The Hall–Kier alpha value is -3.38. The highest BCUT2D eigenvalue weighted by atomic mass is 35.5. The van der Waals surface area contributed by atoms with Gasteiger partial charge in [-0.15, -0.1) is 0 Å². The van der Waals surface area contributed by atoms with Crippen LogP contribution in [0.3, 0.4) is 0 Å². The van der Waals surface area contributed by atoms with Gasteiger partial charge < -0.3 is 15.4 Å². The molecule has 1 aromatic heterocycles. The Morgan fingerprint density at radius 2 is 1.86 bits per heavy atom. The van der Waals surface area contributed by atoms with Gasteiger partial charge in [0.2, 0.25) is 11.8 Å². The fourth-order valence-corrected chi connectivity index (χ4v) is 2.79. The van der Waals surface area contributed by atoms with Gasteiger partial charge in [0.25, 0.3) is 0 Å². The summed E-state index contributed by atoms with van der Waals surface area (Å²) in [7, 11) is 1.50. The van der Waals surface area contributed by atoms with Gasteiger partial charge >= 0.3 is 0 Å². The number of nitrogens with one attached hydrogen (secondary N) is 2. The van der Waals surface area contributed by atoms with Gasteiger partial charge in [0, 0.05) is 29.1 Å². The van der Waals surface area contributed by atoms with Gasteiger partial charge in [0.05, 0.1) is 24.0 Å². The molecule has 2 N–H and O–H groups in total. The Morgan fingerprint density at radius 1 is 1.07 bits per heavy atom. The van der Waals surface area contributed by atoms with Crippen molar-refractivity contribution >= 4 is 51.8 Å². The first-order valence-electron chi connectivity index (χ1n) is 8.45. The number of hydrogen-bond donors (Lipinski definition) is 2. The minimum Gasteiger partial charge on any atom is -0.495 e. The first kappa shape index (κ1) is 19.4. The molecule has 0 aliphatic heterocycles. The van der Waals surface area contributed by atoms with Crippen LogP contribution in [0.4, 0.5) is 11.4 Å². The van der Waals surface area contributed by atoms with Crippen LogP contribution in [0.15, 0.2) is 54.6 Å². The second kappa shape index (κ2) is 8.54. The van der Waals surface area contributed by atoms with Crippen LogP contribution in [0, 0.1) is 0 Å². The normalized spacial score (nSPS) is 10.8. The number of nitrogens with zero attached hydrogens (tertiary/aromatic N) is 1. The molecule has 0 fully saturated rings. The Balaban J connectivity index is 1.77. The molecule has 0 saturated heterocycles. The highest BCUT2D eigenvalue weighted by molar-refractivity contribution is 6.31. The van der Waals surface area contributed by atoms with Crippen LogP contribution >= 0.6 is 11.6 Å². The highest BCUT2D eigenvalue weighted by Crippen LogP contribution is 2.28. The number of carbonyl (C=O) groups excluding carboxylic acids is 2. The molecule has 0 aliphatic carbocycles. The van der Waals surface area contributed by atoms with E-state index in [1.165, 1.54) is 20.1 Å². The summed E-state index contributed by atoms with van der Waals surface area (Å²) in [5, 5.41) is 6.97. The van der Waals surface area contributed by atoms with Gasteiger partial charge in [-0.1, -0.05) is 23.7 Å². The van der Waals surface area contributed by atoms with Crippen molar-refractivity contribution in [2.24, 2.45) is 0 Å². The molecule has 142 valence electrons. The predicted molar refractivity (Wildman–Crippen MR) is 112 cm³/mol. The number of rotatable bonds is 5. The van der Waals surface area contributed by atoms with Crippen molar-refractivity contribution in [1.29, 1.82) is 0 Å². The fourth-order valence-electron chi connectivity index (χ4n) is 2.62. The van der Waals surface area contributed by atoms with E-state index in [1.54, 1.807) is 36.4 Å². The molecular formula is C21H18ClN3O3. The summed E-state index contributed by atoms with van der Waals surface area (Å²) in [6, 6.07) is 14.2. The standard InChI is InChI=1S/C21H18ClN3O3/c1-13(26)23-17-7-9-20(28-2)19(12-17)25-21(27)10-8-16-6-4-14-3-5-15(22)11-18(14)24-16/h3-12H,1-2H3,(H,23,26)(H,25,27). The molecule has 0 spiro atoms. The van der Waals surface area contributed by atoms with Crippen molar-refractivity contribution in [3.05, 3.63) is 65.3 Å². The number of benzene rings is 2. The maximum Gasteiger partial charge on any atom is 0.248 e.